The van der Waals surface area contributed by atoms with Crippen LogP contribution in [0.1, 0.15) is 87.3 Å². The number of esters is 1. The minimum absolute atomic E-state index is 0.310. The van der Waals surface area contributed by atoms with E-state index in [1.165, 1.54) is 0 Å². The summed E-state index contributed by atoms with van der Waals surface area (Å²) in [5.41, 5.74) is 6.98. The normalized spacial score (nSPS) is 21.3. The zero-order chi connectivity index (χ0) is 30.6. The van der Waals surface area contributed by atoms with Crippen LogP contribution in [0.2, 0.25) is 0 Å². The molecule has 222 valence electrons. The summed E-state index contributed by atoms with van der Waals surface area (Å²) in [5.74, 6) is -0.435. The largest absolute Gasteiger partial charge is 0.494 e. The van der Waals surface area contributed by atoms with Crippen LogP contribution in [0.15, 0.2) is 48.5 Å². The molecule has 0 saturated carbocycles. The lowest BCUT2D eigenvalue weighted by atomic mass is 9.77. The summed E-state index contributed by atoms with van der Waals surface area (Å²) in [7, 11) is -0.907. The van der Waals surface area contributed by atoms with Crippen molar-refractivity contribution >= 4 is 31.1 Å². The fourth-order valence-corrected chi connectivity index (χ4v) is 4.86. The average molecular weight is 563 g/mol. The smallest absolute Gasteiger partial charge is 0.459 e. The van der Waals surface area contributed by atoms with Gasteiger partial charge in [-0.3, -0.25) is 4.79 Å². The number of hydrogen-bond acceptors (Lipinski definition) is 7. The summed E-state index contributed by atoms with van der Waals surface area (Å²) in [5, 5.41) is 0. The Balaban J connectivity index is 1.53. The number of rotatable bonds is 7. The first-order valence-electron chi connectivity index (χ1n) is 14.5. The molecule has 2 aliphatic rings. The number of benzene rings is 2. The van der Waals surface area contributed by atoms with Crippen molar-refractivity contribution in [1.82, 2.24) is 0 Å². The van der Waals surface area contributed by atoms with Gasteiger partial charge >= 0.3 is 20.2 Å². The second-order valence-electron chi connectivity index (χ2n) is 14.7. The molecule has 2 aromatic rings. The molecule has 9 heteroatoms. The number of nitrogens with two attached hydrogens (primary N) is 1. The van der Waals surface area contributed by atoms with Gasteiger partial charge in [0.15, 0.2) is 0 Å². The number of hydrogen-bond donors (Lipinski definition) is 1. The van der Waals surface area contributed by atoms with E-state index in [9.17, 15) is 4.79 Å². The van der Waals surface area contributed by atoms with E-state index in [1.807, 2.05) is 125 Å². The van der Waals surface area contributed by atoms with Gasteiger partial charge in [0.1, 0.15) is 11.1 Å². The molecule has 2 N–H and O–H groups in total. The van der Waals surface area contributed by atoms with Crippen LogP contribution < -0.4 is 16.7 Å². The maximum absolute atomic E-state index is 13.5. The Kier molecular flexibility index (Phi) is 8.16. The molecule has 2 aliphatic heterocycles. The minimum Gasteiger partial charge on any atom is -0.459 e. The minimum atomic E-state index is -1.27. The fraction of sp³-hybridized carbons (Fsp3) is 0.594. The van der Waals surface area contributed by atoms with Crippen molar-refractivity contribution in [1.29, 1.82) is 0 Å². The number of carbonyl (C=O) groups is 1. The molecule has 0 unspecified atom stereocenters. The molecule has 2 saturated heterocycles. The molecule has 0 radical (unpaired) electrons. The first kappa shape index (κ1) is 31.8. The van der Waals surface area contributed by atoms with E-state index in [4.69, 9.17) is 29.1 Å². The summed E-state index contributed by atoms with van der Waals surface area (Å²) in [6, 6.07) is 15.8. The molecule has 41 heavy (non-hydrogen) atoms. The van der Waals surface area contributed by atoms with Gasteiger partial charge in [0.05, 0.1) is 22.4 Å². The number of carbonyl (C=O) groups excluding carboxylic acids is 1. The zero-order valence-electron chi connectivity index (χ0n) is 26.7. The average Bonchev–Trinajstić information content (AvgIpc) is 3.18. The lowest BCUT2D eigenvalue weighted by molar-refractivity contribution is -0.161. The van der Waals surface area contributed by atoms with Crippen molar-refractivity contribution in [3.05, 3.63) is 59.7 Å². The highest BCUT2D eigenvalue weighted by atomic mass is 16.7. The van der Waals surface area contributed by atoms with E-state index >= 15 is 0 Å². The third kappa shape index (κ3) is 6.75. The van der Waals surface area contributed by atoms with E-state index in [0.717, 1.165) is 22.1 Å². The van der Waals surface area contributed by atoms with Crippen molar-refractivity contribution in [2.24, 2.45) is 5.73 Å². The van der Waals surface area contributed by atoms with Crippen LogP contribution in [0.5, 0.6) is 0 Å². The van der Waals surface area contributed by atoms with E-state index in [1.54, 1.807) is 0 Å². The summed E-state index contributed by atoms with van der Waals surface area (Å²) in [6.45, 7) is 21.8. The molecule has 0 spiro atoms. The quantitative estimate of drug-likeness (QED) is 0.401. The Morgan fingerprint density at radius 3 is 1.22 bits per heavy atom. The Bertz CT molecular complexity index is 1130. The predicted molar refractivity (Wildman–Crippen MR) is 164 cm³/mol. The van der Waals surface area contributed by atoms with E-state index < -0.39 is 53.8 Å². The summed E-state index contributed by atoms with van der Waals surface area (Å²) in [6.07, 6.45) is 0.620. The van der Waals surface area contributed by atoms with Crippen molar-refractivity contribution in [3.63, 3.8) is 0 Å². The molecule has 0 aliphatic carbocycles. The topological polar surface area (TPSA) is 89.2 Å². The van der Waals surface area contributed by atoms with Crippen LogP contribution in [-0.4, -0.2) is 53.8 Å². The van der Waals surface area contributed by atoms with E-state index in [-0.39, 0.29) is 0 Å². The summed E-state index contributed by atoms with van der Waals surface area (Å²) < 4.78 is 30.6. The van der Waals surface area contributed by atoms with Crippen LogP contribution in [0, 0.1) is 0 Å². The standard InChI is InChI=1S/C32H47B2NO6/c1-27(2,3)37-26(36)32(35,20-22-12-16-24(17-13-22)33-38-28(4,5)29(6,7)39-33)21-23-14-18-25(19-15-23)34-40-30(8,9)31(10,11)41-34/h12-19H,20-21,35H2,1-11H3. The molecule has 0 atom stereocenters. The lowest BCUT2D eigenvalue weighted by Crippen LogP contribution is -2.54. The van der Waals surface area contributed by atoms with Gasteiger partial charge in [0.25, 0.3) is 0 Å². The SMILES string of the molecule is CC(C)(C)OC(=O)C(N)(Cc1ccc(B2OC(C)(C)C(C)(C)O2)cc1)Cc1ccc(B2OC(C)(C)C(C)(C)O2)cc1. The Hall–Kier alpha value is -2.16. The second kappa shape index (κ2) is 10.5. The summed E-state index contributed by atoms with van der Waals surface area (Å²) >= 11 is 0. The molecule has 4 rings (SSSR count). The van der Waals surface area contributed by atoms with Gasteiger partial charge in [-0.1, -0.05) is 48.5 Å². The van der Waals surface area contributed by atoms with Gasteiger partial charge in [-0.15, -0.1) is 0 Å². The van der Waals surface area contributed by atoms with Gasteiger partial charge in [0, 0.05) is 12.8 Å². The zero-order valence-corrected chi connectivity index (χ0v) is 26.7. The maximum atomic E-state index is 13.5. The van der Waals surface area contributed by atoms with Crippen molar-refractivity contribution in [3.8, 4) is 0 Å². The molecular formula is C32H47B2NO6. The first-order chi connectivity index (χ1) is 18.6. The predicted octanol–water partition coefficient (Wildman–Crippen LogP) is 4.11. The molecule has 2 aromatic carbocycles. The molecule has 2 heterocycles. The second-order valence-corrected chi connectivity index (χ2v) is 14.7. The van der Waals surface area contributed by atoms with Crippen LogP contribution in [0.4, 0.5) is 0 Å². The molecule has 7 nitrogen and oxygen atoms in total. The van der Waals surface area contributed by atoms with Crippen molar-refractivity contribution < 1.29 is 28.1 Å². The van der Waals surface area contributed by atoms with Crippen LogP contribution in [0.25, 0.3) is 0 Å². The summed E-state index contributed by atoms with van der Waals surface area (Å²) in [4.78, 5) is 13.5. The molecule has 0 bridgehead atoms. The Labute approximate surface area is 247 Å². The van der Waals surface area contributed by atoms with Crippen LogP contribution in [-0.2, 0) is 41.0 Å². The molecule has 0 aromatic heterocycles. The molecule has 2 fully saturated rings. The maximum Gasteiger partial charge on any atom is 0.494 e. The Morgan fingerprint density at radius 2 is 0.951 bits per heavy atom. The highest BCUT2D eigenvalue weighted by Crippen LogP contribution is 2.37. The van der Waals surface area contributed by atoms with Gasteiger partial charge < -0.3 is 29.1 Å². The van der Waals surface area contributed by atoms with Crippen LogP contribution in [0.3, 0.4) is 0 Å². The fourth-order valence-electron chi connectivity index (χ4n) is 4.86. The van der Waals surface area contributed by atoms with E-state index in [0.29, 0.717) is 12.8 Å². The monoisotopic (exact) mass is 563 g/mol. The highest BCUT2D eigenvalue weighted by Gasteiger charge is 2.52. The molecule has 0 amide bonds. The Morgan fingerprint density at radius 1 is 0.659 bits per heavy atom. The van der Waals surface area contributed by atoms with Gasteiger partial charge in [-0.25, -0.2) is 0 Å². The van der Waals surface area contributed by atoms with Crippen LogP contribution >= 0.6 is 0 Å². The number of ether oxygens (including phenoxy) is 1. The van der Waals surface area contributed by atoms with Crippen molar-refractivity contribution in [2.75, 3.05) is 0 Å². The van der Waals surface area contributed by atoms with Gasteiger partial charge in [-0.05, 0) is 98.2 Å². The van der Waals surface area contributed by atoms with Gasteiger partial charge in [-0.2, -0.15) is 0 Å². The van der Waals surface area contributed by atoms with E-state index in [2.05, 4.69) is 0 Å². The molecular weight excluding hydrogens is 516 g/mol. The first-order valence-corrected chi connectivity index (χ1v) is 14.5. The highest BCUT2D eigenvalue weighted by molar-refractivity contribution is 6.62. The third-order valence-electron chi connectivity index (χ3n) is 8.85. The van der Waals surface area contributed by atoms with Gasteiger partial charge in [0.2, 0.25) is 0 Å². The lowest BCUT2D eigenvalue weighted by Gasteiger charge is -2.32. The van der Waals surface area contributed by atoms with Crippen molar-refractivity contribution in [2.45, 2.75) is 123 Å². The third-order valence-corrected chi connectivity index (χ3v) is 8.85.